The van der Waals surface area contributed by atoms with Gasteiger partial charge in [0, 0.05) is 16.1 Å². The van der Waals surface area contributed by atoms with E-state index in [4.69, 9.17) is 4.74 Å². The molecule has 0 aromatic heterocycles. The van der Waals surface area contributed by atoms with Crippen LogP contribution in [0, 0.1) is 12.3 Å². The second kappa shape index (κ2) is 7.15. The van der Waals surface area contributed by atoms with Gasteiger partial charge in [-0.25, -0.2) is 0 Å². The number of nitrogens with one attached hydrogen (secondary N) is 1. The highest BCUT2D eigenvalue weighted by Crippen LogP contribution is 2.52. The molecular formula is C18H28BrNO. The topological polar surface area (TPSA) is 21.3 Å². The first-order chi connectivity index (χ1) is 10.1. The molecule has 1 aromatic carbocycles. The largest absolute Gasteiger partial charge is 0.496 e. The average molecular weight is 354 g/mol. The lowest BCUT2D eigenvalue weighted by atomic mass is 9.73. The van der Waals surface area contributed by atoms with E-state index in [1.165, 1.54) is 47.7 Å². The molecule has 0 radical (unpaired) electrons. The van der Waals surface area contributed by atoms with E-state index in [1.54, 1.807) is 7.11 Å². The van der Waals surface area contributed by atoms with Gasteiger partial charge in [0.2, 0.25) is 0 Å². The Labute approximate surface area is 137 Å². The van der Waals surface area contributed by atoms with E-state index in [2.05, 4.69) is 54.2 Å². The lowest BCUT2D eigenvalue weighted by molar-refractivity contribution is 0.185. The first kappa shape index (κ1) is 16.8. The van der Waals surface area contributed by atoms with Crippen molar-refractivity contribution in [2.75, 3.05) is 13.7 Å². The molecule has 3 heteroatoms. The zero-order chi connectivity index (χ0) is 15.5. The Kier molecular flexibility index (Phi) is 5.73. The van der Waals surface area contributed by atoms with Crippen molar-refractivity contribution in [3.8, 4) is 5.75 Å². The van der Waals surface area contributed by atoms with Crippen LogP contribution in [0.1, 0.15) is 63.1 Å². The van der Waals surface area contributed by atoms with Gasteiger partial charge in [0.25, 0.3) is 0 Å². The summed E-state index contributed by atoms with van der Waals surface area (Å²) in [4.78, 5) is 0. The predicted molar refractivity (Wildman–Crippen MR) is 93.0 cm³/mol. The van der Waals surface area contributed by atoms with Gasteiger partial charge in [-0.2, -0.15) is 0 Å². The average Bonchev–Trinajstić information content (AvgIpc) is 2.97. The summed E-state index contributed by atoms with van der Waals surface area (Å²) in [5.74, 6) is 1.02. The Bertz CT molecular complexity index is 480. The van der Waals surface area contributed by atoms with Gasteiger partial charge in [0.15, 0.2) is 0 Å². The number of halogens is 1. The van der Waals surface area contributed by atoms with E-state index in [0.717, 1.165) is 12.3 Å². The summed E-state index contributed by atoms with van der Waals surface area (Å²) in [6, 6.07) is 4.79. The first-order valence-corrected chi connectivity index (χ1v) is 8.94. The van der Waals surface area contributed by atoms with Gasteiger partial charge in [-0.05, 0) is 55.8 Å². The van der Waals surface area contributed by atoms with Gasteiger partial charge in [-0.1, -0.05) is 42.6 Å². The Morgan fingerprint density at radius 2 is 1.95 bits per heavy atom. The standard InChI is InChI=1S/C18H28BrNO/c1-5-18(9-7-8-10-18)17(20-6-2)14-12-15(19)13(3)11-16(14)21-4/h11-12,17,20H,5-10H2,1-4H3. The van der Waals surface area contributed by atoms with E-state index in [1.807, 2.05) is 0 Å². The third-order valence-corrected chi connectivity index (χ3v) is 6.00. The van der Waals surface area contributed by atoms with Gasteiger partial charge in [0.05, 0.1) is 7.11 Å². The minimum Gasteiger partial charge on any atom is -0.496 e. The summed E-state index contributed by atoms with van der Waals surface area (Å²) in [6.07, 6.45) is 6.56. The van der Waals surface area contributed by atoms with Crippen molar-refractivity contribution in [1.29, 1.82) is 0 Å². The summed E-state index contributed by atoms with van der Waals surface area (Å²) in [6.45, 7) is 7.64. The van der Waals surface area contributed by atoms with Crippen LogP contribution in [0.2, 0.25) is 0 Å². The second-order valence-electron chi connectivity index (χ2n) is 6.26. The van der Waals surface area contributed by atoms with Crippen molar-refractivity contribution < 1.29 is 4.74 Å². The first-order valence-electron chi connectivity index (χ1n) is 8.15. The molecule has 21 heavy (non-hydrogen) atoms. The van der Waals surface area contributed by atoms with Gasteiger partial charge >= 0.3 is 0 Å². The van der Waals surface area contributed by atoms with Gasteiger partial charge in [-0.3, -0.25) is 0 Å². The minimum atomic E-state index is 0.373. The van der Waals surface area contributed by atoms with E-state index in [-0.39, 0.29) is 0 Å². The van der Waals surface area contributed by atoms with Crippen molar-refractivity contribution in [2.45, 2.75) is 58.9 Å². The van der Waals surface area contributed by atoms with Crippen LogP contribution in [0.15, 0.2) is 16.6 Å². The van der Waals surface area contributed by atoms with E-state index in [0.29, 0.717) is 11.5 Å². The molecule has 1 unspecified atom stereocenters. The maximum absolute atomic E-state index is 5.70. The molecule has 0 aliphatic heterocycles. The van der Waals surface area contributed by atoms with Crippen LogP contribution in [0.4, 0.5) is 0 Å². The van der Waals surface area contributed by atoms with Gasteiger partial charge in [-0.15, -0.1) is 0 Å². The molecule has 1 saturated carbocycles. The van der Waals surface area contributed by atoms with Crippen LogP contribution in [0.25, 0.3) is 0 Å². The highest BCUT2D eigenvalue weighted by Gasteiger charge is 2.41. The van der Waals surface area contributed by atoms with E-state index in [9.17, 15) is 0 Å². The Morgan fingerprint density at radius 1 is 1.29 bits per heavy atom. The SMILES string of the molecule is CCNC(c1cc(Br)c(C)cc1OC)C1(CC)CCCC1. The molecule has 1 N–H and O–H groups in total. The van der Waals surface area contributed by atoms with Crippen LogP contribution >= 0.6 is 15.9 Å². The number of rotatable bonds is 6. The van der Waals surface area contributed by atoms with Crippen LogP contribution in [-0.4, -0.2) is 13.7 Å². The molecule has 0 heterocycles. The fraction of sp³-hybridized carbons (Fsp3) is 0.667. The zero-order valence-corrected chi connectivity index (χ0v) is 15.3. The van der Waals surface area contributed by atoms with Crippen molar-refractivity contribution in [3.05, 3.63) is 27.7 Å². The highest BCUT2D eigenvalue weighted by molar-refractivity contribution is 9.10. The summed E-state index contributed by atoms with van der Waals surface area (Å²) in [7, 11) is 1.78. The van der Waals surface area contributed by atoms with Crippen LogP contribution in [0.3, 0.4) is 0 Å². The van der Waals surface area contributed by atoms with E-state index < -0.39 is 0 Å². The van der Waals surface area contributed by atoms with Crippen LogP contribution < -0.4 is 10.1 Å². The maximum Gasteiger partial charge on any atom is 0.123 e. The van der Waals surface area contributed by atoms with Crippen molar-refractivity contribution >= 4 is 15.9 Å². The number of aryl methyl sites for hydroxylation is 1. The molecule has 1 atom stereocenters. The number of methoxy groups -OCH3 is 1. The van der Waals surface area contributed by atoms with Crippen molar-refractivity contribution in [1.82, 2.24) is 5.32 Å². The van der Waals surface area contributed by atoms with Crippen LogP contribution in [-0.2, 0) is 0 Å². The molecule has 0 bridgehead atoms. The van der Waals surface area contributed by atoms with Crippen molar-refractivity contribution in [2.24, 2.45) is 5.41 Å². The third-order valence-electron chi connectivity index (χ3n) is 5.15. The molecule has 1 aliphatic rings. The Balaban J connectivity index is 2.49. The normalized spacial score (nSPS) is 18.7. The number of hydrogen-bond acceptors (Lipinski definition) is 2. The lowest BCUT2D eigenvalue weighted by Crippen LogP contribution is -2.36. The van der Waals surface area contributed by atoms with E-state index >= 15 is 0 Å². The molecule has 2 rings (SSSR count). The molecular weight excluding hydrogens is 326 g/mol. The zero-order valence-electron chi connectivity index (χ0n) is 13.8. The molecule has 0 saturated heterocycles. The number of benzene rings is 1. The number of hydrogen-bond donors (Lipinski definition) is 1. The highest BCUT2D eigenvalue weighted by atomic mass is 79.9. The van der Waals surface area contributed by atoms with Gasteiger partial charge in [0.1, 0.15) is 5.75 Å². The fourth-order valence-electron chi connectivity index (χ4n) is 3.86. The molecule has 1 aromatic rings. The molecule has 1 fully saturated rings. The minimum absolute atomic E-state index is 0.373. The smallest absolute Gasteiger partial charge is 0.123 e. The Morgan fingerprint density at radius 3 is 2.48 bits per heavy atom. The summed E-state index contributed by atoms with van der Waals surface area (Å²) in [5, 5.41) is 3.75. The summed E-state index contributed by atoms with van der Waals surface area (Å²) >= 11 is 3.69. The summed E-state index contributed by atoms with van der Waals surface area (Å²) in [5.41, 5.74) is 2.90. The third kappa shape index (κ3) is 3.29. The quantitative estimate of drug-likeness (QED) is 0.740. The molecule has 0 amide bonds. The molecule has 2 nitrogen and oxygen atoms in total. The monoisotopic (exact) mass is 353 g/mol. The lowest BCUT2D eigenvalue weighted by Gasteiger charge is -2.38. The molecule has 118 valence electrons. The fourth-order valence-corrected chi connectivity index (χ4v) is 4.22. The summed E-state index contributed by atoms with van der Waals surface area (Å²) < 4.78 is 6.87. The van der Waals surface area contributed by atoms with Crippen molar-refractivity contribution in [3.63, 3.8) is 0 Å². The molecule has 0 spiro atoms. The molecule has 1 aliphatic carbocycles. The van der Waals surface area contributed by atoms with Gasteiger partial charge < -0.3 is 10.1 Å². The second-order valence-corrected chi connectivity index (χ2v) is 7.11. The number of ether oxygens (including phenoxy) is 1. The Hall–Kier alpha value is -0.540. The maximum atomic E-state index is 5.70. The van der Waals surface area contributed by atoms with Crippen LogP contribution in [0.5, 0.6) is 5.75 Å². The predicted octanol–water partition coefficient (Wildman–Crippen LogP) is 5.39.